The van der Waals surface area contributed by atoms with Crippen LogP contribution in [-0.4, -0.2) is 17.4 Å². The molecule has 0 spiro atoms. The van der Waals surface area contributed by atoms with Crippen LogP contribution in [-0.2, 0) is 6.42 Å². The number of nitrogens with zero attached hydrogens (tertiary/aromatic N) is 2. The Morgan fingerprint density at radius 3 is 2.94 bits per heavy atom. The van der Waals surface area contributed by atoms with Gasteiger partial charge in [-0.2, -0.15) is 0 Å². The van der Waals surface area contributed by atoms with Crippen LogP contribution in [0.15, 0.2) is 42.6 Å². The van der Waals surface area contributed by atoms with E-state index in [1.807, 2.05) is 24.3 Å². The zero-order valence-electron chi connectivity index (χ0n) is 9.64. The second-order valence-corrected chi connectivity index (χ2v) is 4.63. The van der Waals surface area contributed by atoms with Gasteiger partial charge in [-0.05, 0) is 42.3 Å². The summed E-state index contributed by atoms with van der Waals surface area (Å²) in [4.78, 5) is 18.2. The molecule has 1 amide bonds. The first-order chi connectivity index (χ1) is 8.75. The minimum Gasteiger partial charge on any atom is -0.306 e. The quantitative estimate of drug-likeness (QED) is 0.788. The summed E-state index contributed by atoms with van der Waals surface area (Å²) in [5.74, 6) is -0.0586. The number of carbonyl (C=O) groups excluding carboxylic acids is 1. The largest absolute Gasteiger partial charge is 0.306 e. The van der Waals surface area contributed by atoms with Gasteiger partial charge < -0.3 is 4.90 Å². The lowest BCUT2D eigenvalue weighted by molar-refractivity contribution is 0.0984. The fourth-order valence-electron chi connectivity index (χ4n) is 2.21. The number of fused-ring (bicyclic) bond motifs is 1. The molecule has 0 bridgehead atoms. The normalized spacial score (nSPS) is 13.5. The number of pyridine rings is 1. The number of hydrogen-bond acceptors (Lipinski definition) is 2. The van der Waals surface area contributed by atoms with E-state index in [-0.39, 0.29) is 5.91 Å². The summed E-state index contributed by atoms with van der Waals surface area (Å²) in [6.45, 7) is 0.686. The molecule has 18 heavy (non-hydrogen) atoms. The fraction of sp³-hybridized carbons (Fsp3) is 0.143. The molecule has 0 saturated carbocycles. The Morgan fingerprint density at radius 2 is 2.17 bits per heavy atom. The Labute approximate surface area is 110 Å². The molecule has 1 aliphatic rings. The van der Waals surface area contributed by atoms with Crippen LogP contribution in [0.1, 0.15) is 16.1 Å². The molecule has 1 aromatic carbocycles. The second kappa shape index (κ2) is 4.42. The van der Waals surface area contributed by atoms with Crippen molar-refractivity contribution in [1.82, 2.24) is 4.98 Å². The van der Waals surface area contributed by atoms with Crippen LogP contribution in [0.5, 0.6) is 0 Å². The first-order valence-corrected chi connectivity index (χ1v) is 6.15. The van der Waals surface area contributed by atoms with Crippen LogP contribution in [0.25, 0.3) is 0 Å². The van der Waals surface area contributed by atoms with Crippen molar-refractivity contribution >= 4 is 23.2 Å². The summed E-state index contributed by atoms with van der Waals surface area (Å²) in [7, 11) is 0. The molecule has 0 N–H and O–H groups in total. The SMILES string of the molecule is O=C(c1ccccn1)N1CCc2cc(Cl)ccc21. The zero-order valence-corrected chi connectivity index (χ0v) is 10.4. The van der Waals surface area contributed by atoms with Gasteiger partial charge in [-0.3, -0.25) is 9.78 Å². The van der Waals surface area contributed by atoms with Gasteiger partial charge in [0, 0.05) is 23.5 Å². The molecule has 2 aromatic rings. The van der Waals surface area contributed by atoms with Gasteiger partial charge in [0.2, 0.25) is 0 Å². The molecule has 1 aromatic heterocycles. The number of rotatable bonds is 1. The van der Waals surface area contributed by atoms with Crippen molar-refractivity contribution in [2.24, 2.45) is 0 Å². The topological polar surface area (TPSA) is 33.2 Å². The molecule has 0 saturated heterocycles. The number of anilines is 1. The monoisotopic (exact) mass is 258 g/mol. The highest BCUT2D eigenvalue weighted by molar-refractivity contribution is 6.30. The van der Waals surface area contributed by atoms with Crippen molar-refractivity contribution in [3.05, 3.63) is 58.9 Å². The maximum absolute atomic E-state index is 12.3. The smallest absolute Gasteiger partial charge is 0.276 e. The van der Waals surface area contributed by atoms with Gasteiger partial charge in [0.25, 0.3) is 5.91 Å². The fourth-order valence-corrected chi connectivity index (χ4v) is 2.40. The van der Waals surface area contributed by atoms with E-state index in [4.69, 9.17) is 11.6 Å². The first kappa shape index (κ1) is 11.2. The third-order valence-electron chi connectivity index (χ3n) is 3.07. The highest BCUT2D eigenvalue weighted by Crippen LogP contribution is 2.31. The van der Waals surface area contributed by atoms with Gasteiger partial charge >= 0.3 is 0 Å². The molecule has 3 nitrogen and oxygen atoms in total. The Bertz CT molecular complexity index is 598. The minimum absolute atomic E-state index is 0.0586. The summed E-state index contributed by atoms with van der Waals surface area (Å²) in [5.41, 5.74) is 2.53. The molecule has 0 atom stereocenters. The standard InChI is InChI=1S/C14H11ClN2O/c15-11-4-5-13-10(9-11)6-8-17(13)14(18)12-3-1-2-7-16-12/h1-5,7,9H,6,8H2. The predicted molar refractivity (Wildman–Crippen MR) is 71.1 cm³/mol. The maximum Gasteiger partial charge on any atom is 0.276 e. The van der Waals surface area contributed by atoms with Gasteiger partial charge in [-0.15, -0.1) is 0 Å². The van der Waals surface area contributed by atoms with E-state index in [9.17, 15) is 4.79 Å². The van der Waals surface area contributed by atoms with Crippen LogP contribution in [0, 0.1) is 0 Å². The second-order valence-electron chi connectivity index (χ2n) is 4.19. The van der Waals surface area contributed by atoms with Gasteiger partial charge in [-0.25, -0.2) is 0 Å². The highest BCUT2D eigenvalue weighted by Gasteiger charge is 2.26. The maximum atomic E-state index is 12.3. The number of hydrogen-bond donors (Lipinski definition) is 0. The summed E-state index contributed by atoms with van der Waals surface area (Å²) >= 11 is 5.95. The number of aromatic nitrogens is 1. The van der Waals surface area contributed by atoms with Crippen molar-refractivity contribution in [3.8, 4) is 0 Å². The van der Waals surface area contributed by atoms with Gasteiger partial charge in [0.15, 0.2) is 0 Å². The van der Waals surface area contributed by atoms with Crippen LogP contribution in [0.3, 0.4) is 0 Å². The van der Waals surface area contributed by atoms with E-state index in [2.05, 4.69) is 4.98 Å². The van der Waals surface area contributed by atoms with Crippen molar-refractivity contribution in [3.63, 3.8) is 0 Å². The van der Waals surface area contributed by atoms with Crippen molar-refractivity contribution in [2.75, 3.05) is 11.4 Å². The molecule has 0 radical (unpaired) electrons. The number of benzene rings is 1. The lowest BCUT2D eigenvalue weighted by Crippen LogP contribution is -2.29. The molecule has 3 rings (SSSR count). The average Bonchev–Trinajstić information content (AvgIpc) is 2.81. The molecule has 1 aliphatic heterocycles. The van der Waals surface area contributed by atoms with E-state index in [0.717, 1.165) is 17.7 Å². The number of carbonyl (C=O) groups is 1. The van der Waals surface area contributed by atoms with E-state index in [1.54, 1.807) is 23.2 Å². The van der Waals surface area contributed by atoms with Crippen molar-refractivity contribution in [1.29, 1.82) is 0 Å². The molecular weight excluding hydrogens is 248 g/mol. The van der Waals surface area contributed by atoms with Crippen LogP contribution in [0.4, 0.5) is 5.69 Å². The Kier molecular flexibility index (Phi) is 2.76. The minimum atomic E-state index is -0.0586. The lowest BCUT2D eigenvalue weighted by atomic mass is 10.2. The molecule has 0 fully saturated rings. The molecule has 4 heteroatoms. The van der Waals surface area contributed by atoms with E-state index < -0.39 is 0 Å². The molecular formula is C14H11ClN2O. The van der Waals surface area contributed by atoms with Crippen LogP contribution >= 0.6 is 11.6 Å². The Hall–Kier alpha value is -1.87. The van der Waals surface area contributed by atoms with Gasteiger partial charge in [0.05, 0.1) is 0 Å². The number of amides is 1. The van der Waals surface area contributed by atoms with Gasteiger partial charge in [-0.1, -0.05) is 17.7 Å². The summed E-state index contributed by atoms with van der Waals surface area (Å²) in [6, 6.07) is 11.0. The molecule has 0 aliphatic carbocycles. The van der Waals surface area contributed by atoms with Gasteiger partial charge in [0.1, 0.15) is 5.69 Å². The predicted octanol–water partition coefficient (Wildman–Crippen LogP) is 2.94. The summed E-state index contributed by atoms with van der Waals surface area (Å²) < 4.78 is 0. The number of halogens is 1. The zero-order chi connectivity index (χ0) is 12.5. The van der Waals surface area contributed by atoms with E-state index >= 15 is 0 Å². The summed E-state index contributed by atoms with van der Waals surface area (Å²) in [6.07, 6.45) is 2.47. The Morgan fingerprint density at radius 1 is 1.28 bits per heavy atom. The average molecular weight is 259 g/mol. The third kappa shape index (κ3) is 1.87. The van der Waals surface area contributed by atoms with E-state index in [0.29, 0.717) is 17.3 Å². The molecule has 90 valence electrons. The lowest BCUT2D eigenvalue weighted by Gasteiger charge is -2.16. The highest BCUT2D eigenvalue weighted by atomic mass is 35.5. The van der Waals surface area contributed by atoms with Crippen molar-refractivity contribution < 1.29 is 4.79 Å². The van der Waals surface area contributed by atoms with Crippen molar-refractivity contribution in [2.45, 2.75) is 6.42 Å². The third-order valence-corrected chi connectivity index (χ3v) is 3.30. The van der Waals surface area contributed by atoms with Crippen LogP contribution in [0.2, 0.25) is 5.02 Å². The summed E-state index contributed by atoms with van der Waals surface area (Å²) in [5, 5.41) is 0.709. The molecule has 0 unspecified atom stereocenters. The van der Waals surface area contributed by atoms with Crippen LogP contribution < -0.4 is 4.90 Å². The molecule has 2 heterocycles. The first-order valence-electron chi connectivity index (χ1n) is 5.77. The Balaban J connectivity index is 1.95. The van der Waals surface area contributed by atoms with E-state index in [1.165, 1.54) is 0 Å².